The van der Waals surface area contributed by atoms with Crippen LogP contribution in [0.1, 0.15) is 32.4 Å². The average Bonchev–Trinajstić information content (AvgIpc) is 2.40. The Labute approximate surface area is 125 Å². The number of carbonyl (C=O) groups excluding carboxylic acids is 1. The number of hydrogen-bond acceptors (Lipinski definition) is 3. The first-order valence-electron chi connectivity index (χ1n) is 7.24. The number of rotatable bonds is 3. The number of halogens is 1. The lowest BCUT2D eigenvalue weighted by molar-refractivity contribution is -0.134. The van der Waals surface area contributed by atoms with Crippen LogP contribution in [0, 0.1) is 5.82 Å². The summed E-state index contributed by atoms with van der Waals surface area (Å²) in [6.45, 7) is 7.94. The van der Waals surface area contributed by atoms with Gasteiger partial charge in [0, 0.05) is 44.2 Å². The lowest BCUT2D eigenvalue weighted by Gasteiger charge is -2.47. The normalized spacial score (nSPS) is 20.3. The summed E-state index contributed by atoms with van der Waals surface area (Å²) in [5.74, 6) is -0.317. The van der Waals surface area contributed by atoms with Gasteiger partial charge >= 0.3 is 0 Å². The van der Waals surface area contributed by atoms with Gasteiger partial charge in [-0.05, 0) is 19.9 Å². The summed E-state index contributed by atoms with van der Waals surface area (Å²) in [6.07, 6.45) is -0.866. The molecule has 1 N–H and O–H groups in total. The summed E-state index contributed by atoms with van der Waals surface area (Å²) in [5.41, 5.74) is 0.0816. The van der Waals surface area contributed by atoms with Crippen LogP contribution in [0.4, 0.5) is 4.39 Å². The van der Waals surface area contributed by atoms with Crippen molar-refractivity contribution in [3.8, 4) is 0 Å². The van der Waals surface area contributed by atoms with Crippen molar-refractivity contribution in [1.29, 1.82) is 0 Å². The third-order valence-corrected chi connectivity index (χ3v) is 4.18. The van der Waals surface area contributed by atoms with Crippen molar-refractivity contribution in [2.24, 2.45) is 0 Å². The zero-order valence-corrected chi connectivity index (χ0v) is 12.8. The molecule has 4 nitrogen and oxygen atoms in total. The highest BCUT2D eigenvalue weighted by Crippen LogP contribution is 2.25. The predicted octanol–water partition coefficient (Wildman–Crippen LogP) is 1.80. The van der Waals surface area contributed by atoms with Crippen molar-refractivity contribution in [3.63, 3.8) is 0 Å². The number of aliphatic hydroxyl groups excluding tert-OH is 1. The van der Waals surface area contributed by atoms with Gasteiger partial charge in [0.1, 0.15) is 5.82 Å². The number of benzene rings is 1. The maximum absolute atomic E-state index is 13.7. The Bertz CT molecular complexity index is 519. The number of aliphatic hydroxyl groups is 1. The smallest absolute Gasteiger partial charge is 0.219 e. The largest absolute Gasteiger partial charge is 0.387 e. The summed E-state index contributed by atoms with van der Waals surface area (Å²) in [5, 5.41) is 10.3. The van der Waals surface area contributed by atoms with Crippen LogP contribution in [-0.4, -0.2) is 52.5 Å². The Morgan fingerprint density at radius 3 is 2.62 bits per heavy atom. The molecule has 116 valence electrons. The molecule has 1 unspecified atom stereocenters. The van der Waals surface area contributed by atoms with Gasteiger partial charge in [0.25, 0.3) is 0 Å². The molecular weight excluding hydrogens is 271 g/mol. The number of amides is 1. The van der Waals surface area contributed by atoms with E-state index in [-0.39, 0.29) is 17.3 Å². The zero-order chi connectivity index (χ0) is 15.6. The Morgan fingerprint density at radius 1 is 1.38 bits per heavy atom. The van der Waals surface area contributed by atoms with Crippen molar-refractivity contribution in [2.45, 2.75) is 32.4 Å². The Balaban J connectivity index is 2.06. The molecule has 0 bridgehead atoms. The Kier molecular flexibility index (Phi) is 4.64. The number of nitrogens with zero attached hydrogens (tertiary/aromatic N) is 2. The summed E-state index contributed by atoms with van der Waals surface area (Å²) in [4.78, 5) is 15.4. The molecule has 1 aliphatic rings. The minimum Gasteiger partial charge on any atom is -0.387 e. The van der Waals surface area contributed by atoms with E-state index in [1.807, 2.05) is 18.7 Å². The highest BCUT2D eigenvalue weighted by molar-refractivity contribution is 5.73. The number of piperazine rings is 1. The molecule has 21 heavy (non-hydrogen) atoms. The van der Waals surface area contributed by atoms with Gasteiger partial charge in [-0.2, -0.15) is 0 Å². The monoisotopic (exact) mass is 294 g/mol. The van der Waals surface area contributed by atoms with E-state index >= 15 is 0 Å². The van der Waals surface area contributed by atoms with E-state index in [9.17, 15) is 14.3 Å². The van der Waals surface area contributed by atoms with Crippen LogP contribution in [0.2, 0.25) is 0 Å². The van der Waals surface area contributed by atoms with Crippen LogP contribution in [0.25, 0.3) is 0 Å². The van der Waals surface area contributed by atoms with Crippen LogP contribution in [-0.2, 0) is 4.79 Å². The van der Waals surface area contributed by atoms with Crippen LogP contribution in [0.5, 0.6) is 0 Å². The second kappa shape index (κ2) is 6.12. The summed E-state index contributed by atoms with van der Waals surface area (Å²) >= 11 is 0. The second-order valence-corrected chi connectivity index (χ2v) is 6.24. The highest BCUT2D eigenvalue weighted by Gasteiger charge is 2.35. The molecule has 0 aromatic heterocycles. The first-order chi connectivity index (χ1) is 9.81. The summed E-state index contributed by atoms with van der Waals surface area (Å²) in [6, 6.07) is 6.30. The fourth-order valence-corrected chi connectivity index (χ4v) is 2.85. The maximum atomic E-state index is 13.7. The first kappa shape index (κ1) is 15.9. The second-order valence-electron chi connectivity index (χ2n) is 6.24. The predicted molar refractivity (Wildman–Crippen MR) is 79.3 cm³/mol. The third kappa shape index (κ3) is 3.60. The molecule has 1 saturated heterocycles. The highest BCUT2D eigenvalue weighted by atomic mass is 19.1. The molecule has 5 heteroatoms. The van der Waals surface area contributed by atoms with Crippen LogP contribution in [0.3, 0.4) is 0 Å². The van der Waals surface area contributed by atoms with Crippen molar-refractivity contribution in [1.82, 2.24) is 9.80 Å². The Hall–Kier alpha value is -1.46. The number of carbonyl (C=O) groups is 1. The lowest BCUT2D eigenvalue weighted by atomic mass is 9.97. The molecule has 2 rings (SSSR count). The average molecular weight is 294 g/mol. The maximum Gasteiger partial charge on any atom is 0.219 e. The molecule has 1 amide bonds. The van der Waals surface area contributed by atoms with Gasteiger partial charge < -0.3 is 10.0 Å². The quantitative estimate of drug-likeness (QED) is 0.924. The molecule has 0 spiro atoms. The molecular formula is C16H23FN2O2. The molecule has 1 atom stereocenters. The fourth-order valence-electron chi connectivity index (χ4n) is 2.85. The van der Waals surface area contributed by atoms with Crippen LogP contribution >= 0.6 is 0 Å². The SMILES string of the molecule is CC(=O)N1CCN(CC(O)c2ccccc2F)C(C)(C)C1. The van der Waals surface area contributed by atoms with E-state index in [4.69, 9.17) is 0 Å². The van der Waals surface area contributed by atoms with Crippen molar-refractivity contribution >= 4 is 5.91 Å². The van der Waals surface area contributed by atoms with Gasteiger partial charge in [0.2, 0.25) is 5.91 Å². The fraction of sp³-hybridized carbons (Fsp3) is 0.562. The topological polar surface area (TPSA) is 43.8 Å². The van der Waals surface area contributed by atoms with Gasteiger partial charge in [0.05, 0.1) is 6.10 Å². The van der Waals surface area contributed by atoms with Gasteiger partial charge in [-0.1, -0.05) is 18.2 Å². The van der Waals surface area contributed by atoms with E-state index in [0.717, 1.165) is 0 Å². The summed E-state index contributed by atoms with van der Waals surface area (Å²) < 4.78 is 13.7. The number of hydrogen-bond donors (Lipinski definition) is 1. The van der Waals surface area contributed by atoms with Crippen molar-refractivity contribution in [3.05, 3.63) is 35.6 Å². The van der Waals surface area contributed by atoms with Gasteiger partial charge in [-0.3, -0.25) is 9.69 Å². The molecule has 0 radical (unpaired) electrons. The molecule has 1 aromatic rings. The van der Waals surface area contributed by atoms with Crippen molar-refractivity contribution < 1.29 is 14.3 Å². The zero-order valence-electron chi connectivity index (χ0n) is 12.8. The minimum atomic E-state index is -0.866. The van der Waals surface area contributed by atoms with E-state index in [0.29, 0.717) is 31.7 Å². The van der Waals surface area contributed by atoms with Crippen LogP contribution in [0.15, 0.2) is 24.3 Å². The lowest BCUT2D eigenvalue weighted by Crippen LogP contribution is -2.60. The van der Waals surface area contributed by atoms with Gasteiger partial charge in [-0.15, -0.1) is 0 Å². The van der Waals surface area contributed by atoms with Crippen molar-refractivity contribution in [2.75, 3.05) is 26.2 Å². The van der Waals surface area contributed by atoms with Gasteiger partial charge in [-0.25, -0.2) is 4.39 Å². The summed E-state index contributed by atoms with van der Waals surface area (Å²) in [7, 11) is 0. The molecule has 1 aromatic carbocycles. The van der Waals surface area contributed by atoms with Gasteiger partial charge in [0.15, 0.2) is 0 Å². The van der Waals surface area contributed by atoms with E-state index in [1.165, 1.54) is 6.07 Å². The van der Waals surface area contributed by atoms with E-state index in [2.05, 4.69) is 4.90 Å². The Morgan fingerprint density at radius 2 is 2.05 bits per heavy atom. The van der Waals surface area contributed by atoms with E-state index in [1.54, 1.807) is 25.1 Å². The van der Waals surface area contributed by atoms with Crippen LogP contribution < -0.4 is 0 Å². The molecule has 1 heterocycles. The number of β-amino-alcohol motifs (C(OH)–C–C–N with tert-alkyl or cyclic N) is 1. The molecule has 1 aliphatic heterocycles. The molecule has 1 fully saturated rings. The molecule has 0 saturated carbocycles. The third-order valence-electron chi connectivity index (χ3n) is 4.18. The first-order valence-corrected chi connectivity index (χ1v) is 7.24. The molecule has 0 aliphatic carbocycles. The standard InChI is InChI=1S/C16H23FN2O2/c1-12(20)18-8-9-19(16(2,3)11-18)10-15(21)13-6-4-5-7-14(13)17/h4-7,15,21H,8-11H2,1-3H3. The van der Waals surface area contributed by atoms with E-state index < -0.39 is 6.10 Å². The minimum absolute atomic E-state index is 0.0670.